The van der Waals surface area contributed by atoms with Crippen LogP contribution in [0, 0.1) is 0 Å². The van der Waals surface area contributed by atoms with Gasteiger partial charge in [-0.2, -0.15) is 0 Å². The Morgan fingerprint density at radius 3 is 2.54 bits per heavy atom. The maximum absolute atomic E-state index is 12.0. The Morgan fingerprint density at radius 1 is 1.21 bits per heavy atom. The van der Waals surface area contributed by atoms with Crippen molar-refractivity contribution in [1.82, 2.24) is 4.90 Å². The van der Waals surface area contributed by atoms with Gasteiger partial charge in [-0.1, -0.05) is 6.08 Å². The molecule has 6 heteroatoms. The summed E-state index contributed by atoms with van der Waals surface area (Å²) < 4.78 is 11.2. The van der Waals surface area contributed by atoms with Gasteiger partial charge < -0.3 is 14.6 Å². The number of allylic oxidation sites excluding steroid dienone is 1. The number of hydrogen-bond acceptors (Lipinski definition) is 6. The van der Waals surface area contributed by atoms with E-state index in [0.29, 0.717) is 17.6 Å². The lowest BCUT2D eigenvalue weighted by molar-refractivity contribution is -0.150. The topological polar surface area (TPSA) is 76.1 Å². The van der Waals surface area contributed by atoms with Crippen LogP contribution in [0.5, 0.6) is 0 Å². The van der Waals surface area contributed by atoms with Crippen LogP contribution in [-0.2, 0) is 19.1 Å². The summed E-state index contributed by atoms with van der Waals surface area (Å²) in [6.45, 7) is 5.08. The number of carbonyl (C=O) groups excluding carboxylic acids is 2. The molecule has 0 saturated carbocycles. The minimum atomic E-state index is -0.422. The van der Waals surface area contributed by atoms with E-state index in [-0.39, 0.29) is 36.9 Å². The molecule has 0 amide bonds. The SMILES string of the molecule is CC=C(C)C(=O)OC1CC2CC(OC(=O)C=C(C)CO)CC1N2C. The van der Waals surface area contributed by atoms with E-state index in [9.17, 15) is 9.59 Å². The predicted octanol–water partition coefficient (Wildman–Crippen LogP) is 1.58. The zero-order valence-corrected chi connectivity index (χ0v) is 14.8. The van der Waals surface area contributed by atoms with E-state index >= 15 is 0 Å². The number of fused-ring (bicyclic) bond motifs is 2. The summed E-state index contributed by atoms with van der Waals surface area (Å²) in [5.41, 5.74) is 1.18. The van der Waals surface area contributed by atoms with Crippen molar-refractivity contribution in [2.45, 2.75) is 64.3 Å². The molecular weight excluding hydrogens is 310 g/mol. The summed E-state index contributed by atoms with van der Waals surface area (Å²) in [5.74, 6) is -0.702. The van der Waals surface area contributed by atoms with Crippen molar-refractivity contribution in [3.63, 3.8) is 0 Å². The zero-order chi connectivity index (χ0) is 17.9. The van der Waals surface area contributed by atoms with Crippen LogP contribution < -0.4 is 0 Å². The second-order valence-corrected chi connectivity index (χ2v) is 6.72. The molecule has 0 spiro atoms. The van der Waals surface area contributed by atoms with Crippen molar-refractivity contribution >= 4 is 11.9 Å². The van der Waals surface area contributed by atoms with E-state index in [1.54, 1.807) is 19.9 Å². The van der Waals surface area contributed by atoms with Crippen LogP contribution in [0.1, 0.15) is 40.0 Å². The lowest BCUT2D eigenvalue weighted by atomic mass is 10.00. The highest BCUT2D eigenvalue weighted by Crippen LogP contribution is 2.37. The van der Waals surface area contributed by atoms with Crippen LogP contribution in [0.4, 0.5) is 0 Å². The monoisotopic (exact) mass is 337 g/mol. The molecule has 0 aromatic carbocycles. The average Bonchev–Trinajstić information content (AvgIpc) is 2.72. The molecule has 2 aliphatic rings. The molecule has 6 nitrogen and oxygen atoms in total. The third-order valence-electron chi connectivity index (χ3n) is 4.98. The number of hydrogen-bond donors (Lipinski definition) is 1. The number of aliphatic hydroxyl groups is 1. The van der Waals surface area contributed by atoms with Gasteiger partial charge in [0.15, 0.2) is 0 Å². The second-order valence-electron chi connectivity index (χ2n) is 6.72. The molecule has 134 valence electrons. The molecule has 2 rings (SSSR count). The molecule has 0 aliphatic carbocycles. The lowest BCUT2D eigenvalue weighted by Gasteiger charge is -2.36. The van der Waals surface area contributed by atoms with E-state index in [1.165, 1.54) is 6.08 Å². The largest absolute Gasteiger partial charge is 0.459 e. The number of nitrogens with zero attached hydrogens (tertiary/aromatic N) is 1. The maximum atomic E-state index is 12.0. The van der Waals surface area contributed by atoms with Crippen molar-refractivity contribution in [1.29, 1.82) is 0 Å². The quantitative estimate of drug-likeness (QED) is 0.606. The summed E-state index contributed by atoms with van der Waals surface area (Å²) in [6.07, 6.45) is 4.88. The summed E-state index contributed by atoms with van der Waals surface area (Å²) >= 11 is 0. The Morgan fingerprint density at radius 2 is 1.92 bits per heavy atom. The molecule has 0 aromatic rings. The second kappa shape index (κ2) is 7.94. The van der Waals surface area contributed by atoms with Crippen molar-refractivity contribution in [2.75, 3.05) is 13.7 Å². The molecule has 2 fully saturated rings. The van der Waals surface area contributed by atoms with Crippen molar-refractivity contribution in [2.24, 2.45) is 0 Å². The molecule has 24 heavy (non-hydrogen) atoms. The van der Waals surface area contributed by atoms with Crippen LogP contribution in [0.2, 0.25) is 0 Å². The van der Waals surface area contributed by atoms with E-state index < -0.39 is 5.97 Å². The molecule has 1 N–H and O–H groups in total. The number of aliphatic hydroxyl groups excluding tert-OH is 1. The van der Waals surface area contributed by atoms with Gasteiger partial charge in [-0.3, -0.25) is 4.90 Å². The fraction of sp³-hybridized carbons (Fsp3) is 0.667. The molecule has 4 unspecified atom stereocenters. The lowest BCUT2D eigenvalue weighted by Crippen LogP contribution is -2.46. The van der Waals surface area contributed by atoms with Crippen LogP contribution in [0.15, 0.2) is 23.3 Å². The number of esters is 2. The minimum absolute atomic E-state index is 0.0677. The van der Waals surface area contributed by atoms with Gasteiger partial charge in [0.25, 0.3) is 0 Å². The van der Waals surface area contributed by atoms with Gasteiger partial charge in [0.2, 0.25) is 0 Å². The first kappa shape index (κ1) is 18.7. The van der Waals surface area contributed by atoms with Crippen molar-refractivity contribution in [3.05, 3.63) is 23.3 Å². The summed E-state index contributed by atoms with van der Waals surface area (Å²) in [7, 11) is 2.03. The third kappa shape index (κ3) is 4.24. The summed E-state index contributed by atoms with van der Waals surface area (Å²) in [6, 6.07) is 0.311. The predicted molar refractivity (Wildman–Crippen MR) is 89.2 cm³/mol. The molecule has 2 bridgehead atoms. The van der Waals surface area contributed by atoms with Gasteiger partial charge in [0.1, 0.15) is 12.2 Å². The van der Waals surface area contributed by atoms with Crippen LogP contribution >= 0.6 is 0 Å². The summed E-state index contributed by atoms with van der Waals surface area (Å²) in [4.78, 5) is 26.1. The molecule has 0 radical (unpaired) electrons. The van der Waals surface area contributed by atoms with E-state index in [4.69, 9.17) is 14.6 Å². The highest BCUT2D eigenvalue weighted by Gasteiger charge is 2.47. The highest BCUT2D eigenvalue weighted by molar-refractivity contribution is 5.87. The molecule has 0 aromatic heterocycles. The molecule has 2 saturated heterocycles. The average molecular weight is 337 g/mol. The number of piperidine rings is 1. The Kier molecular flexibility index (Phi) is 6.18. The van der Waals surface area contributed by atoms with E-state index in [2.05, 4.69) is 4.90 Å². The fourth-order valence-corrected chi connectivity index (χ4v) is 3.39. The van der Waals surface area contributed by atoms with Gasteiger partial charge in [-0.15, -0.1) is 0 Å². The van der Waals surface area contributed by atoms with E-state index in [1.807, 2.05) is 14.0 Å². The minimum Gasteiger partial charge on any atom is -0.459 e. The highest BCUT2D eigenvalue weighted by atomic mass is 16.6. The number of carbonyl (C=O) groups is 2. The van der Waals surface area contributed by atoms with Gasteiger partial charge in [0.05, 0.1) is 12.6 Å². The molecule has 4 atom stereocenters. The number of rotatable bonds is 5. The van der Waals surface area contributed by atoms with Crippen molar-refractivity contribution in [3.8, 4) is 0 Å². The summed E-state index contributed by atoms with van der Waals surface area (Å²) in [5, 5.41) is 8.97. The number of likely N-dealkylation sites (N-methyl/N-ethyl adjacent to an activating group) is 1. The molecule has 2 heterocycles. The standard InChI is InChI=1S/C18H27NO5/c1-5-12(3)18(22)24-16-8-13-7-14(9-15(16)19(13)4)23-17(21)6-11(2)10-20/h5-6,13-16,20H,7-10H2,1-4H3. The maximum Gasteiger partial charge on any atom is 0.333 e. The Hall–Kier alpha value is -1.66. The van der Waals surface area contributed by atoms with Gasteiger partial charge in [0, 0.05) is 37.0 Å². The van der Waals surface area contributed by atoms with Gasteiger partial charge in [-0.25, -0.2) is 9.59 Å². The molecular formula is C18H27NO5. The third-order valence-corrected chi connectivity index (χ3v) is 4.98. The van der Waals surface area contributed by atoms with Crippen LogP contribution in [0.3, 0.4) is 0 Å². The first-order valence-corrected chi connectivity index (χ1v) is 8.40. The first-order valence-electron chi connectivity index (χ1n) is 8.40. The Labute approximate surface area is 143 Å². The first-order chi connectivity index (χ1) is 11.3. The number of ether oxygens (including phenoxy) is 2. The van der Waals surface area contributed by atoms with Crippen LogP contribution in [0.25, 0.3) is 0 Å². The van der Waals surface area contributed by atoms with Crippen LogP contribution in [-0.4, -0.2) is 59.9 Å². The van der Waals surface area contributed by atoms with Gasteiger partial charge in [-0.05, 0) is 33.4 Å². The molecule has 2 aliphatic heterocycles. The zero-order valence-electron chi connectivity index (χ0n) is 14.8. The Balaban J connectivity index is 1.97. The van der Waals surface area contributed by atoms with Crippen molar-refractivity contribution < 1.29 is 24.2 Å². The normalized spacial score (nSPS) is 31.0. The van der Waals surface area contributed by atoms with Gasteiger partial charge >= 0.3 is 11.9 Å². The smallest absolute Gasteiger partial charge is 0.333 e. The Bertz CT molecular complexity index is 554. The fourth-order valence-electron chi connectivity index (χ4n) is 3.39. The van der Waals surface area contributed by atoms with E-state index in [0.717, 1.165) is 12.8 Å².